The molecule has 0 radical (unpaired) electrons. The van der Waals surface area contributed by atoms with E-state index in [2.05, 4.69) is 23.7 Å². The predicted molar refractivity (Wildman–Crippen MR) is 81.6 cm³/mol. The number of hydrogen-bond acceptors (Lipinski definition) is 4. The van der Waals surface area contributed by atoms with Crippen LogP contribution in [0.1, 0.15) is 18.4 Å². The average molecular weight is 281 g/mol. The molecule has 106 valence electrons. The van der Waals surface area contributed by atoms with Crippen LogP contribution in [0.3, 0.4) is 0 Å². The molecular weight excluding hydrogens is 258 g/mol. The van der Waals surface area contributed by atoms with Crippen LogP contribution in [0.25, 0.3) is 0 Å². The highest BCUT2D eigenvalue weighted by molar-refractivity contribution is 7.98. The number of ether oxygens (including phenoxy) is 2. The smallest absolute Gasteiger partial charge is 0.161 e. The van der Waals surface area contributed by atoms with Gasteiger partial charge in [-0.1, -0.05) is 6.07 Å². The minimum Gasteiger partial charge on any atom is -0.486 e. The molecule has 1 aliphatic rings. The SMILES string of the molecule is CSCCCCNCCc1ccc2c(c1)OCCO2. The zero-order chi connectivity index (χ0) is 13.3. The Balaban J connectivity index is 1.66. The van der Waals surface area contributed by atoms with Gasteiger partial charge in [0, 0.05) is 0 Å². The Labute approximate surface area is 120 Å². The molecule has 0 fully saturated rings. The first-order valence-corrected chi connectivity index (χ1v) is 8.38. The van der Waals surface area contributed by atoms with Gasteiger partial charge in [-0.15, -0.1) is 0 Å². The van der Waals surface area contributed by atoms with Crippen LogP contribution >= 0.6 is 11.8 Å². The molecule has 1 heterocycles. The van der Waals surface area contributed by atoms with Crippen molar-refractivity contribution in [3.05, 3.63) is 23.8 Å². The molecule has 0 atom stereocenters. The van der Waals surface area contributed by atoms with Crippen LogP contribution in [0.5, 0.6) is 11.5 Å². The van der Waals surface area contributed by atoms with Crippen LogP contribution in [0.15, 0.2) is 18.2 Å². The van der Waals surface area contributed by atoms with Crippen molar-refractivity contribution in [1.82, 2.24) is 5.32 Å². The maximum atomic E-state index is 5.59. The molecule has 3 nitrogen and oxygen atoms in total. The minimum atomic E-state index is 0.657. The van der Waals surface area contributed by atoms with Crippen molar-refractivity contribution in [2.75, 3.05) is 38.3 Å². The van der Waals surface area contributed by atoms with E-state index in [4.69, 9.17) is 9.47 Å². The molecule has 4 heteroatoms. The van der Waals surface area contributed by atoms with E-state index in [0.717, 1.165) is 31.0 Å². The van der Waals surface area contributed by atoms with Crippen molar-refractivity contribution in [3.63, 3.8) is 0 Å². The fourth-order valence-corrected chi connectivity index (χ4v) is 2.59. The van der Waals surface area contributed by atoms with Gasteiger partial charge >= 0.3 is 0 Å². The maximum absolute atomic E-state index is 5.59. The van der Waals surface area contributed by atoms with Gasteiger partial charge in [0.05, 0.1) is 0 Å². The fourth-order valence-electron chi connectivity index (χ4n) is 2.10. The zero-order valence-electron chi connectivity index (χ0n) is 11.6. The Morgan fingerprint density at radius 1 is 1.11 bits per heavy atom. The largest absolute Gasteiger partial charge is 0.486 e. The lowest BCUT2D eigenvalue weighted by Crippen LogP contribution is -2.19. The Kier molecular flexibility index (Phi) is 6.37. The summed E-state index contributed by atoms with van der Waals surface area (Å²) in [4.78, 5) is 0. The van der Waals surface area contributed by atoms with E-state index >= 15 is 0 Å². The lowest BCUT2D eigenvalue weighted by Gasteiger charge is -2.18. The standard InChI is InChI=1S/C15H23NO2S/c1-19-11-3-2-7-16-8-6-13-4-5-14-15(12-13)18-10-9-17-14/h4-5,12,16H,2-3,6-11H2,1H3. The number of benzene rings is 1. The lowest BCUT2D eigenvalue weighted by atomic mass is 10.1. The second kappa shape index (κ2) is 8.33. The summed E-state index contributed by atoms with van der Waals surface area (Å²) in [5, 5.41) is 3.49. The van der Waals surface area contributed by atoms with Crippen molar-refractivity contribution < 1.29 is 9.47 Å². The molecule has 0 bridgehead atoms. The monoisotopic (exact) mass is 281 g/mol. The fraction of sp³-hybridized carbons (Fsp3) is 0.600. The molecule has 1 aliphatic heterocycles. The topological polar surface area (TPSA) is 30.5 Å². The number of unbranched alkanes of at least 4 members (excludes halogenated alkanes) is 1. The first-order valence-electron chi connectivity index (χ1n) is 6.98. The molecule has 0 saturated carbocycles. The molecule has 1 N–H and O–H groups in total. The summed E-state index contributed by atoms with van der Waals surface area (Å²) >= 11 is 1.92. The van der Waals surface area contributed by atoms with Crippen LogP contribution in [0, 0.1) is 0 Å². The molecule has 0 spiro atoms. The summed E-state index contributed by atoms with van der Waals surface area (Å²) in [6.07, 6.45) is 5.77. The second-order valence-electron chi connectivity index (χ2n) is 4.68. The van der Waals surface area contributed by atoms with Crippen molar-refractivity contribution >= 4 is 11.8 Å². The van der Waals surface area contributed by atoms with Crippen molar-refractivity contribution in [2.45, 2.75) is 19.3 Å². The highest BCUT2D eigenvalue weighted by Gasteiger charge is 2.11. The van der Waals surface area contributed by atoms with Gasteiger partial charge in [-0.3, -0.25) is 0 Å². The van der Waals surface area contributed by atoms with Gasteiger partial charge in [0.15, 0.2) is 11.5 Å². The van der Waals surface area contributed by atoms with Crippen molar-refractivity contribution in [2.24, 2.45) is 0 Å². The van der Waals surface area contributed by atoms with E-state index in [-0.39, 0.29) is 0 Å². The van der Waals surface area contributed by atoms with Gasteiger partial charge in [-0.25, -0.2) is 0 Å². The first kappa shape index (κ1) is 14.5. The van der Waals surface area contributed by atoms with Gasteiger partial charge < -0.3 is 14.8 Å². The Morgan fingerprint density at radius 2 is 1.95 bits per heavy atom. The van der Waals surface area contributed by atoms with Crippen LogP contribution in [0.2, 0.25) is 0 Å². The van der Waals surface area contributed by atoms with E-state index in [1.165, 1.54) is 24.2 Å². The molecule has 19 heavy (non-hydrogen) atoms. The first-order chi connectivity index (χ1) is 9.40. The number of rotatable bonds is 8. The highest BCUT2D eigenvalue weighted by Crippen LogP contribution is 2.30. The number of thioether (sulfide) groups is 1. The van der Waals surface area contributed by atoms with E-state index in [1.807, 2.05) is 17.8 Å². The van der Waals surface area contributed by atoms with Gasteiger partial charge in [-0.2, -0.15) is 11.8 Å². The summed E-state index contributed by atoms with van der Waals surface area (Å²) in [5.41, 5.74) is 1.31. The van der Waals surface area contributed by atoms with Gasteiger partial charge in [-0.05, 0) is 62.1 Å². The quantitative estimate of drug-likeness (QED) is 0.742. The summed E-state index contributed by atoms with van der Waals surface area (Å²) in [6, 6.07) is 6.25. The maximum Gasteiger partial charge on any atom is 0.161 e. The summed E-state index contributed by atoms with van der Waals surface area (Å²) in [6.45, 7) is 3.46. The minimum absolute atomic E-state index is 0.657. The molecule has 1 aromatic carbocycles. The molecule has 1 aromatic rings. The van der Waals surface area contributed by atoms with Gasteiger partial charge in [0.2, 0.25) is 0 Å². The van der Waals surface area contributed by atoms with Crippen LogP contribution in [-0.4, -0.2) is 38.3 Å². The molecule has 0 unspecified atom stereocenters. The Hall–Kier alpha value is -0.870. The molecule has 0 amide bonds. The molecular formula is C15H23NO2S. The summed E-state index contributed by atoms with van der Waals surface area (Å²) in [5.74, 6) is 3.04. The summed E-state index contributed by atoms with van der Waals surface area (Å²) < 4.78 is 11.1. The molecule has 0 saturated heterocycles. The third-order valence-corrected chi connectivity index (χ3v) is 3.85. The lowest BCUT2D eigenvalue weighted by molar-refractivity contribution is 0.171. The second-order valence-corrected chi connectivity index (χ2v) is 5.66. The predicted octanol–water partition coefficient (Wildman–Crippen LogP) is 2.73. The Morgan fingerprint density at radius 3 is 2.79 bits per heavy atom. The number of fused-ring (bicyclic) bond motifs is 1. The van der Waals surface area contributed by atoms with E-state index in [1.54, 1.807) is 0 Å². The summed E-state index contributed by atoms with van der Waals surface area (Å²) in [7, 11) is 0. The highest BCUT2D eigenvalue weighted by atomic mass is 32.2. The normalized spacial score (nSPS) is 13.5. The number of nitrogens with one attached hydrogen (secondary N) is 1. The Bertz CT molecular complexity index is 384. The van der Waals surface area contributed by atoms with Crippen LogP contribution in [-0.2, 0) is 6.42 Å². The van der Waals surface area contributed by atoms with E-state index in [9.17, 15) is 0 Å². The van der Waals surface area contributed by atoms with Crippen LogP contribution < -0.4 is 14.8 Å². The van der Waals surface area contributed by atoms with Gasteiger partial charge in [0.1, 0.15) is 13.2 Å². The van der Waals surface area contributed by atoms with Crippen LogP contribution in [0.4, 0.5) is 0 Å². The average Bonchev–Trinajstić information content (AvgIpc) is 2.46. The molecule has 2 rings (SSSR count). The number of hydrogen-bond donors (Lipinski definition) is 1. The molecule has 0 aliphatic carbocycles. The van der Waals surface area contributed by atoms with E-state index in [0.29, 0.717) is 13.2 Å². The molecule has 0 aromatic heterocycles. The van der Waals surface area contributed by atoms with Crippen molar-refractivity contribution in [1.29, 1.82) is 0 Å². The third-order valence-electron chi connectivity index (χ3n) is 3.15. The zero-order valence-corrected chi connectivity index (χ0v) is 12.4. The van der Waals surface area contributed by atoms with E-state index < -0.39 is 0 Å². The van der Waals surface area contributed by atoms with Gasteiger partial charge in [0.25, 0.3) is 0 Å². The van der Waals surface area contributed by atoms with Crippen molar-refractivity contribution in [3.8, 4) is 11.5 Å². The third kappa shape index (κ3) is 4.96.